The zero-order chi connectivity index (χ0) is 13.7. The van der Waals surface area contributed by atoms with E-state index < -0.39 is 0 Å². The highest BCUT2D eigenvalue weighted by atomic mass is 79.9. The lowest BCUT2D eigenvalue weighted by molar-refractivity contribution is -0.0427. The molecular weight excluding hydrogens is 296 g/mol. The van der Waals surface area contributed by atoms with Crippen molar-refractivity contribution in [2.75, 3.05) is 45.0 Å². The zero-order valence-corrected chi connectivity index (χ0v) is 12.5. The summed E-state index contributed by atoms with van der Waals surface area (Å²) >= 11 is 3.51. The zero-order valence-electron chi connectivity index (χ0n) is 10.9. The SMILES string of the molecule is C=CCOCC(CBr)(COCC=C)COCC=C. The van der Waals surface area contributed by atoms with Crippen LogP contribution in [0.1, 0.15) is 0 Å². The molecule has 0 rings (SSSR count). The Balaban J connectivity index is 4.32. The second-order valence-electron chi connectivity index (χ2n) is 4.05. The van der Waals surface area contributed by atoms with Crippen molar-refractivity contribution in [2.45, 2.75) is 0 Å². The molecule has 0 aromatic carbocycles. The van der Waals surface area contributed by atoms with Gasteiger partial charge in [-0.15, -0.1) is 19.7 Å². The third-order valence-electron chi connectivity index (χ3n) is 2.22. The van der Waals surface area contributed by atoms with Crippen molar-refractivity contribution < 1.29 is 14.2 Å². The van der Waals surface area contributed by atoms with Gasteiger partial charge in [0.1, 0.15) is 0 Å². The van der Waals surface area contributed by atoms with Crippen LogP contribution in [0.4, 0.5) is 0 Å². The first-order valence-electron chi connectivity index (χ1n) is 5.86. The third kappa shape index (κ3) is 7.82. The molecule has 0 spiro atoms. The van der Waals surface area contributed by atoms with Gasteiger partial charge in [0.2, 0.25) is 0 Å². The summed E-state index contributed by atoms with van der Waals surface area (Å²) in [5, 5.41) is 0.741. The number of ether oxygens (including phenoxy) is 3. The van der Waals surface area contributed by atoms with Gasteiger partial charge in [0.05, 0.1) is 45.1 Å². The van der Waals surface area contributed by atoms with Crippen molar-refractivity contribution in [3.05, 3.63) is 38.0 Å². The fourth-order valence-corrected chi connectivity index (χ4v) is 1.80. The van der Waals surface area contributed by atoms with Crippen molar-refractivity contribution >= 4 is 15.9 Å². The van der Waals surface area contributed by atoms with E-state index in [1.165, 1.54) is 0 Å². The van der Waals surface area contributed by atoms with E-state index in [1.807, 2.05) is 0 Å². The molecule has 0 N–H and O–H groups in total. The second kappa shape index (κ2) is 11.7. The molecule has 0 fully saturated rings. The molecule has 0 aliphatic rings. The van der Waals surface area contributed by atoms with Crippen LogP contribution in [0.15, 0.2) is 38.0 Å². The fourth-order valence-electron chi connectivity index (χ4n) is 1.32. The standard InChI is InChI=1S/C14H23BrO3/c1-4-7-16-11-14(10-15,12-17-8-5-2)13-18-9-6-3/h4-6H,1-3,7-13H2. The van der Waals surface area contributed by atoms with Gasteiger partial charge in [-0.2, -0.15) is 0 Å². The topological polar surface area (TPSA) is 27.7 Å². The van der Waals surface area contributed by atoms with E-state index in [4.69, 9.17) is 14.2 Å². The molecule has 0 aromatic heterocycles. The second-order valence-corrected chi connectivity index (χ2v) is 4.61. The summed E-state index contributed by atoms with van der Waals surface area (Å²) in [5.74, 6) is 0. The summed E-state index contributed by atoms with van der Waals surface area (Å²) in [6, 6.07) is 0. The Labute approximate surface area is 119 Å². The largest absolute Gasteiger partial charge is 0.377 e. The lowest BCUT2D eigenvalue weighted by Gasteiger charge is -2.30. The highest BCUT2D eigenvalue weighted by molar-refractivity contribution is 9.09. The van der Waals surface area contributed by atoms with E-state index in [0.717, 1.165) is 5.33 Å². The van der Waals surface area contributed by atoms with Crippen LogP contribution in [-0.4, -0.2) is 45.0 Å². The fraction of sp³-hybridized carbons (Fsp3) is 0.571. The first-order valence-corrected chi connectivity index (χ1v) is 6.98. The summed E-state index contributed by atoms with van der Waals surface area (Å²) in [6.07, 6.45) is 5.19. The molecule has 4 heteroatoms. The predicted molar refractivity (Wildman–Crippen MR) is 79.3 cm³/mol. The van der Waals surface area contributed by atoms with Crippen molar-refractivity contribution in [3.8, 4) is 0 Å². The average Bonchev–Trinajstić information content (AvgIpc) is 2.39. The monoisotopic (exact) mass is 318 g/mol. The molecule has 0 aliphatic heterocycles. The Hall–Kier alpha value is -0.420. The molecule has 3 nitrogen and oxygen atoms in total. The Morgan fingerprint density at radius 3 is 1.33 bits per heavy atom. The van der Waals surface area contributed by atoms with Crippen LogP contribution in [0.3, 0.4) is 0 Å². The Bertz CT molecular complexity index is 205. The maximum atomic E-state index is 5.54. The van der Waals surface area contributed by atoms with Crippen molar-refractivity contribution in [3.63, 3.8) is 0 Å². The first-order chi connectivity index (χ1) is 8.74. The summed E-state index contributed by atoms with van der Waals surface area (Å²) in [4.78, 5) is 0. The van der Waals surface area contributed by atoms with E-state index in [0.29, 0.717) is 39.6 Å². The van der Waals surface area contributed by atoms with E-state index in [1.54, 1.807) is 18.2 Å². The lowest BCUT2D eigenvalue weighted by atomic mass is 9.94. The summed E-state index contributed by atoms with van der Waals surface area (Å²) < 4.78 is 16.6. The van der Waals surface area contributed by atoms with Gasteiger partial charge in [-0.1, -0.05) is 34.2 Å². The third-order valence-corrected chi connectivity index (χ3v) is 3.40. The summed E-state index contributed by atoms with van der Waals surface area (Å²) in [5.41, 5.74) is -0.199. The van der Waals surface area contributed by atoms with Gasteiger partial charge in [-0.05, 0) is 0 Å². The molecule has 0 aromatic rings. The Morgan fingerprint density at radius 1 is 0.778 bits per heavy atom. The minimum absolute atomic E-state index is 0.199. The van der Waals surface area contributed by atoms with E-state index >= 15 is 0 Å². The van der Waals surface area contributed by atoms with Crippen LogP contribution in [0.5, 0.6) is 0 Å². The average molecular weight is 319 g/mol. The number of rotatable bonds is 13. The number of alkyl halides is 1. The smallest absolute Gasteiger partial charge is 0.0645 e. The molecule has 0 amide bonds. The van der Waals surface area contributed by atoms with Crippen LogP contribution in [0.25, 0.3) is 0 Å². The van der Waals surface area contributed by atoms with Crippen molar-refractivity contribution in [1.82, 2.24) is 0 Å². The molecule has 0 atom stereocenters. The molecule has 0 saturated heterocycles. The molecule has 104 valence electrons. The van der Waals surface area contributed by atoms with Gasteiger partial charge in [0, 0.05) is 5.33 Å². The molecular formula is C14H23BrO3. The molecule has 0 saturated carbocycles. The van der Waals surface area contributed by atoms with E-state index in [9.17, 15) is 0 Å². The molecule has 0 aliphatic carbocycles. The van der Waals surface area contributed by atoms with Crippen LogP contribution in [-0.2, 0) is 14.2 Å². The predicted octanol–water partition coefficient (Wildman–Crippen LogP) is 2.98. The molecule has 18 heavy (non-hydrogen) atoms. The van der Waals surface area contributed by atoms with Crippen LogP contribution in [0.2, 0.25) is 0 Å². The number of hydrogen-bond donors (Lipinski definition) is 0. The van der Waals surface area contributed by atoms with Gasteiger partial charge >= 0.3 is 0 Å². The number of hydrogen-bond acceptors (Lipinski definition) is 3. The quantitative estimate of drug-likeness (QED) is 0.297. The minimum Gasteiger partial charge on any atom is -0.377 e. The Morgan fingerprint density at radius 2 is 1.11 bits per heavy atom. The minimum atomic E-state index is -0.199. The Kier molecular flexibility index (Phi) is 11.4. The molecule has 0 radical (unpaired) electrons. The van der Waals surface area contributed by atoms with E-state index in [-0.39, 0.29) is 5.41 Å². The summed E-state index contributed by atoms with van der Waals surface area (Å²) in [7, 11) is 0. The molecule has 0 unspecified atom stereocenters. The number of halogens is 1. The van der Waals surface area contributed by atoms with Gasteiger partial charge < -0.3 is 14.2 Å². The van der Waals surface area contributed by atoms with Gasteiger partial charge in [-0.25, -0.2) is 0 Å². The van der Waals surface area contributed by atoms with Crippen molar-refractivity contribution in [2.24, 2.45) is 5.41 Å². The van der Waals surface area contributed by atoms with Gasteiger partial charge in [0.25, 0.3) is 0 Å². The van der Waals surface area contributed by atoms with E-state index in [2.05, 4.69) is 35.7 Å². The van der Waals surface area contributed by atoms with Crippen molar-refractivity contribution in [1.29, 1.82) is 0 Å². The maximum Gasteiger partial charge on any atom is 0.0645 e. The van der Waals surface area contributed by atoms with Crippen LogP contribution < -0.4 is 0 Å². The highest BCUT2D eigenvalue weighted by Gasteiger charge is 2.30. The van der Waals surface area contributed by atoms with Crippen LogP contribution >= 0.6 is 15.9 Å². The normalized spacial score (nSPS) is 11.2. The maximum absolute atomic E-state index is 5.54. The molecule has 0 heterocycles. The lowest BCUT2D eigenvalue weighted by Crippen LogP contribution is -2.39. The molecule has 0 bridgehead atoms. The van der Waals surface area contributed by atoms with Gasteiger partial charge in [-0.3, -0.25) is 0 Å². The van der Waals surface area contributed by atoms with Crippen LogP contribution in [0, 0.1) is 5.41 Å². The van der Waals surface area contributed by atoms with Gasteiger partial charge in [0.15, 0.2) is 0 Å². The highest BCUT2D eigenvalue weighted by Crippen LogP contribution is 2.22. The first kappa shape index (κ1) is 17.6. The summed E-state index contributed by atoms with van der Waals surface area (Å²) in [6.45, 7) is 14.1.